The monoisotopic (exact) mass is 246 g/mol. The van der Waals surface area contributed by atoms with Crippen molar-refractivity contribution in [3.63, 3.8) is 0 Å². The Kier molecular flexibility index (Phi) is 2.89. The van der Waals surface area contributed by atoms with Crippen LogP contribution in [0.4, 0.5) is 19.0 Å². The molecule has 3 nitrogen and oxygen atoms in total. The Labute approximate surface area is 96.8 Å². The molecule has 0 bridgehead atoms. The number of alkyl halides is 3. The van der Waals surface area contributed by atoms with Crippen LogP contribution < -0.4 is 10.5 Å². The SMILES string of the molecule is Nc1ccc(OCCC2(C(F)(F)F)CC2)cn1. The number of anilines is 1. The van der Waals surface area contributed by atoms with E-state index in [9.17, 15) is 13.2 Å². The van der Waals surface area contributed by atoms with Crippen LogP contribution in [0.25, 0.3) is 0 Å². The zero-order chi connectivity index (χ0) is 12.5. The average Bonchev–Trinajstić information content (AvgIpc) is 3.01. The lowest BCUT2D eigenvalue weighted by atomic mass is 10.0. The molecule has 17 heavy (non-hydrogen) atoms. The highest BCUT2D eigenvalue weighted by molar-refractivity contribution is 5.32. The van der Waals surface area contributed by atoms with Crippen LogP contribution in [0.3, 0.4) is 0 Å². The number of rotatable bonds is 4. The second kappa shape index (κ2) is 4.09. The van der Waals surface area contributed by atoms with E-state index in [1.54, 1.807) is 12.1 Å². The lowest BCUT2D eigenvalue weighted by molar-refractivity contribution is -0.190. The molecule has 0 radical (unpaired) electrons. The number of ether oxygens (including phenoxy) is 1. The molecule has 1 fully saturated rings. The molecule has 94 valence electrons. The highest BCUT2D eigenvalue weighted by Gasteiger charge is 2.62. The first-order chi connectivity index (χ1) is 7.93. The third-order valence-electron chi connectivity index (χ3n) is 3.06. The summed E-state index contributed by atoms with van der Waals surface area (Å²) in [6.45, 7) is 0.0467. The van der Waals surface area contributed by atoms with Gasteiger partial charge in [0, 0.05) is 0 Å². The van der Waals surface area contributed by atoms with Gasteiger partial charge < -0.3 is 10.5 Å². The summed E-state index contributed by atoms with van der Waals surface area (Å²) in [5.41, 5.74) is 3.87. The summed E-state index contributed by atoms with van der Waals surface area (Å²) >= 11 is 0. The highest BCUT2D eigenvalue weighted by Crippen LogP contribution is 2.59. The van der Waals surface area contributed by atoms with E-state index in [2.05, 4.69) is 4.98 Å². The maximum absolute atomic E-state index is 12.6. The number of nitrogens with zero attached hydrogens (tertiary/aromatic N) is 1. The quantitative estimate of drug-likeness (QED) is 0.888. The fourth-order valence-corrected chi connectivity index (χ4v) is 1.67. The minimum absolute atomic E-state index is 0.000869. The van der Waals surface area contributed by atoms with E-state index in [-0.39, 0.29) is 25.9 Å². The van der Waals surface area contributed by atoms with Gasteiger partial charge in [0.25, 0.3) is 0 Å². The van der Waals surface area contributed by atoms with Gasteiger partial charge in [-0.3, -0.25) is 0 Å². The van der Waals surface area contributed by atoms with Crippen molar-refractivity contribution in [1.29, 1.82) is 0 Å². The molecule has 2 N–H and O–H groups in total. The molecule has 1 saturated carbocycles. The Hall–Kier alpha value is -1.46. The van der Waals surface area contributed by atoms with Gasteiger partial charge in [0.1, 0.15) is 11.6 Å². The van der Waals surface area contributed by atoms with Crippen molar-refractivity contribution >= 4 is 5.82 Å². The number of hydrogen-bond donors (Lipinski definition) is 1. The normalized spacial score (nSPS) is 17.8. The maximum Gasteiger partial charge on any atom is 0.394 e. The molecule has 1 aliphatic rings. The van der Waals surface area contributed by atoms with Crippen LogP contribution in [0.5, 0.6) is 5.75 Å². The van der Waals surface area contributed by atoms with Crippen molar-refractivity contribution in [3.8, 4) is 5.75 Å². The molecule has 1 aliphatic carbocycles. The zero-order valence-electron chi connectivity index (χ0n) is 9.13. The number of nitrogens with two attached hydrogens (primary N) is 1. The first-order valence-electron chi connectivity index (χ1n) is 5.34. The first-order valence-corrected chi connectivity index (χ1v) is 5.34. The second-order valence-corrected chi connectivity index (χ2v) is 4.30. The topological polar surface area (TPSA) is 48.1 Å². The van der Waals surface area contributed by atoms with E-state index < -0.39 is 11.6 Å². The molecule has 0 amide bonds. The predicted molar refractivity (Wildman–Crippen MR) is 56.5 cm³/mol. The third-order valence-corrected chi connectivity index (χ3v) is 3.06. The number of pyridine rings is 1. The Bertz CT molecular complexity index is 385. The van der Waals surface area contributed by atoms with Crippen LogP contribution in [0, 0.1) is 5.41 Å². The molecule has 0 saturated heterocycles. The summed E-state index contributed by atoms with van der Waals surface area (Å²) in [6.07, 6.45) is -2.29. The summed E-state index contributed by atoms with van der Waals surface area (Å²) in [5, 5.41) is 0. The largest absolute Gasteiger partial charge is 0.492 e. The Morgan fingerprint density at radius 1 is 1.35 bits per heavy atom. The molecule has 6 heteroatoms. The van der Waals surface area contributed by atoms with Crippen molar-refractivity contribution in [2.45, 2.75) is 25.4 Å². The summed E-state index contributed by atoms with van der Waals surface area (Å²) in [7, 11) is 0. The van der Waals surface area contributed by atoms with Crippen LogP contribution in [-0.2, 0) is 0 Å². The van der Waals surface area contributed by atoms with Gasteiger partial charge in [0.2, 0.25) is 0 Å². The van der Waals surface area contributed by atoms with Crippen molar-refractivity contribution in [2.75, 3.05) is 12.3 Å². The molecule has 1 heterocycles. The minimum Gasteiger partial charge on any atom is -0.492 e. The van der Waals surface area contributed by atoms with E-state index in [1.165, 1.54) is 6.20 Å². The Balaban J connectivity index is 1.82. The van der Waals surface area contributed by atoms with Crippen LogP contribution >= 0.6 is 0 Å². The number of halogens is 3. The molecule has 0 unspecified atom stereocenters. The molecule has 1 aromatic rings. The zero-order valence-corrected chi connectivity index (χ0v) is 9.13. The highest BCUT2D eigenvalue weighted by atomic mass is 19.4. The third kappa shape index (κ3) is 2.62. The molecule has 0 atom stereocenters. The van der Waals surface area contributed by atoms with E-state index in [0.717, 1.165) is 0 Å². The Morgan fingerprint density at radius 3 is 2.53 bits per heavy atom. The van der Waals surface area contributed by atoms with Crippen LogP contribution in [0.15, 0.2) is 18.3 Å². The molecular formula is C11H13F3N2O. The molecule has 0 spiro atoms. The summed E-state index contributed by atoms with van der Waals surface area (Å²) in [6, 6.07) is 3.14. The van der Waals surface area contributed by atoms with Gasteiger partial charge in [-0.25, -0.2) is 4.98 Å². The van der Waals surface area contributed by atoms with E-state index in [0.29, 0.717) is 11.6 Å². The maximum atomic E-state index is 12.6. The fourth-order valence-electron chi connectivity index (χ4n) is 1.67. The summed E-state index contributed by atoms with van der Waals surface area (Å²) < 4.78 is 43.0. The minimum atomic E-state index is -4.12. The molecule has 1 aromatic heterocycles. The van der Waals surface area contributed by atoms with Gasteiger partial charge in [-0.1, -0.05) is 0 Å². The van der Waals surface area contributed by atoms with Crippen molar-refractivity contribution < 1.29 is 17.9 Å². The van der Waals surface area contributed by atoms with Crippen molar-refractivity contribution in [2.24, 2.45) is 5.41 Å². The van der Waals surface area contributed by atoms with Gasteiger partial charge >= 0.3 is 6.18 Å². The van der Waals surface area contributed by atoms with E-state index in [1.807, 2.05) is 0 Å². The second-order valence-electron chi connectivity index (χ2n) is 4.30. The molecular weight excluding hydrogens is 233 g/mol. The van der Waals surface area contributed by atoms with Gasteiger partial charge in [-0.05, 0) is 31.4 Å². The lowest BCUT2D eigenvalue weighted by Gasteiger charge is -2.18. The van der Waals surface area contributed by atoms with Gasteiger partial charge in [-0.2, -0.15) is 13.2 Å². The van der Waals surface area contributed by atoms with Crippen LogP contribution in [-0.4, -0.2) is 17.8 Å². The Morgan fingerprint density at radius 2 is 2.06 bits per heavy atom. The molecule has 2 rings (SSSR count). The number of hydrogen-bond acceptors (Lipinski definition) is 3. The van der Waals surface area contributed by atoms with Crippen LogP contribution in [0.1, 0.15) is 19.3 Å². The van der Waals surface area contributed by atoms with Crippen molar-refractivity contribution in [1.82, 2.24) is 4.98 Å². The number of nitrogen functional groups attached to an aromatic ring is 1. The lowest BCUT2D eigenvalue weighted by Crippen LogP contribution is -2.26. The first kappa shape index (κ1) is 12.0. The summed E-state index contributed by atoms with van der Waals surface area (Å²) in [4.78, 5) is 3.79. The van der Waals surface area contributed by atoms with E-state index in [4.69, 9.17) is 10.5 Å². The van der Waals surface area contributed by atoms with E-state index >= 15 is 0 Å². The fraction of sp³-hybridized carbons (Fsp3) is 0.545. The van der Waals surface area contributed by atoms with Crippen molar-refractivity contribution in [3.05, 3.63) is 18.3 Å². The molecule has 0 aliphatic heterocycles. The standard InChI is InChI=1S/C11H13F3N2O/c12-11(13,14)10(3-4-10)5-6-17-8-1-2-9(15)16-7-8/h1-2,7H,3-6H2,(H2,15,16). The van der Waals surface area contributed by atoms with Gasteiger partial charge in [-0.15, -0.1) is 0 Å². The number of aromatic nitrogens is 1. The summed E-state index contributed by atoms with van der Waals surface area (Å²) in [5.74, 6) is 0.795. The smallest absolute Gasteiger partial charge is 0.394 e. The van der Waals surface area contributed by atoms with Gasteiger partial charge in [0.05, 0.1) is 18.2 Å². The van der Waals surface area contributed by atoms with Gasteiger partial charge in [0.15, 0.2) is 0 Å². The molecule has 0 aromatic carbocycles. The average molecular weight is 246 g/mol. The van der Waals surface area contributed by atoms with Crippen LogP contribution in [0.2, 0.25) is 0 Å². The predicted octanol–water partition coefficient (Wildman–Crippen LogP) is 2.78.